The van der Waals surface area contributed by atoms with Crippen molar-refractivity contribution in [2.75, 3.05) is 11.1 Å². The minimum Gasteiger partial charge on any atom is -0.454 e. The number of nitrogen functional groups attached to an aromatic ring is 1. The van der Waals surface area contributed by atoms with Gasteiger partial charge in [-0.25, -0.2) is 14.0 Å². The van der Waals surface area contributed by atoms with E-state index in [2.05, 4.69) is 20.3 Å². The molecule has 180 valence electrons. The SMILES string of the molecule is Nc1nc(COC(=O)c2ccc3c(c2)CC(c2ccccc2)OC3=O)nc(Nc2ccc(F)cc2)n1. The van der Waals surface area contributed by atoms with Gasteiger partial charge in [0.15, 0.2) is 12.4 Å². The molecule has 10 heteroatoms. The summed E-state index contributed by atoms with van der Waals surface area (Å²) in [6.07, 6.45) is 0.00642. The summed E-state index contributed by atoms with van der Waals surface area (Å²) in [7, 11) is 0. The van der Waals surface area contributed by atoms with Crippen molar-refractivity contribution in [3.63, 3.8) is 0 Å². The Kier molecular flexibility index (Phi) is 6.23. The van der Waals surface area contributed by atoms with Gasteiger partial charge in [-0.2, -0.15) is 15.0 Å². The molecule has 0 bridgehead atoms. The number of halogens is 1. The molecule has 0 spiro atoms. The third-order valence-corrected chi connectivity index (χ3v) is 5.52. The lowest BCUT2D eigenvalue weighted by atomic mass is 9.93. The highest BCUT2D eigenvalue weighted by Crippen LogP contribution is 2.31. The fourth-order valence-electron chi connectivity index (χ4n) is 3.81. The molecule has 4 aromatic rings. The lowest BCUT2D eigenvalue weighted by Gasteiger charge is -2.25. The standard InChI is InChI=1S/C26H20FN5O4/c27-18-7-9-19(10-8-18)29-26-31-22(30-25(28)32-26)14-35-23(33)16-6-11-20-17(12-16)13-21(36-24(20)34)15-4-2-1-3-5-15/h1-12,21H,13-14H2,(H3,28,29,30,31,32). The number of carbonyl (C=O) groups is 2. The molecule has 2 heterocycles. The molecule has 0 aliphatic carbocycles. The maximum absolute atomic E-state index is 13.1. The van der Waals surface area contributed by atoms with E-state index in [9.17, 15) is 14.0 Å². The molecular weight excluding hydrogens is 465 g/mol. The number of carbonyl (C=O) groups excluding carboxylic acids is 2. The smallest absolute Gasteiger partial charge is 0.339 e. The van der Waals surface area contributed by atoms with Crippen molar-refractivity contribution in [1.29, 1.82) is 0 Å². The van der Waals surface area contributed by atoms with Gasteiger partial charge in [0.1, 0.15) is 11.9 Å². The molecule has 1 aliphatic rings. The number of hydrogen-bond acceptors (Lipinski definition) is 9. The van der Waals surface area contributed by atoms with E-state index in [0.717, 1.165) is 5.56 Å². The zero-order valence-corrected chi connectivity index (χ0v) is 18.8. The van der Waals surface area contributed by atoms with Gasteiger partial charge in [0.2, 0.25) is 11.9 Å². The van der Waals surface area contributed by atoms with Gasteiger partial charge in [-0.05, 0) is 53.6 Å². The normalized spacial score (nSPS) is 14.5. The van der Waals surface area contributed by atoms with Crippen LogP contribution in [0.4, 0.5) is 22.0 Å². The Hall–Kier alpha value is -4.86. The molecule has 0 saturated carbocycles. The largest absolute Gasteiger partial charge is 0.454 e. The molecule has 3 N–H and O–H groups in total. The Bertz CT molecular complexity index is 1430. The van der Waals surface area contributed by atoms with Crippen molar-refractivity contribution in [2.24, 2.45) is 0 Å². The van der Waals surface area contributed by atoms with Crippen LogP contribution in [0, 0.1) is 5.82 Å². The van der Waals surface area contributed by atoms with Gasteiger partial charge in [0, 0.05) is 12.1 Å². The number of benzene rings is 3. The van der Waals surface area contributed by atoms with Gasteiger partial charge in [0.25, 0.3) is 0 Å². The Morgan fingerprint density at radius 3 is 2.61 bits per heavy atom. The first-order valence-electron chi connectivity index (χ1n) is 11.0. The second kappa shape index (κ2) is 9.79. The van der Waals surface area contributed by atoms with Crippen LogP contribution in [0.25, 0.3) is 0 Å². The van der Waals surface area contributed by atoms with E-state index in [1.165, 1.54) is 30.3 Å². The van der Waals surface area contributed by atoms with E-state index >= 15 is 0 Å². The number of rotatable bonds is 6. The van der Waals surface area contributed by atoms with Crippen molar-refractivity contribution in [3.05, 3.63) is 107 Å². The first-order valence-corrected chi connectivity index (χ1v) is 11.0. The van der Waals surface area contributed by atoms with Crippen LogP contribution in [0.3, 0.4) is 0 Å². The Morgan fingerprint density at radius 2 is 1.83 bits per heavy atom. The van der Waals surface area contributed by atoms with Crippen LogP contribution in [0.2, 0.25) is 0 Å². The second-order valence-corrected chi connectivity index (χ2v) is 8.02. The maximum atomic E-state index is 13.1. The highest BCUT2D eigenvalue weighted by Gasteiger charge is 2.28. The van der Waals surface area contributed by atoms with Crippen LogP contribution in [-0.4, -0.2) is 26.9 Å². The number of esters is 2. The molecular formula is C26H20FN5O4. The number of nitrogens with two attached hydrogens (primary N) is 1. The predicted octanol–water partition coefficient (Wildman–Crippen LogP) is 4.15. The van der Waals surface area contributed by atoms with Crippen molar-refractivity contribution in [2.45, 2.75) is 19.1 Å². The number of cyclic esters (lactones) is 1. The minimum atomic E-state index is -0.611. The van der Waals surface area contributed by atoms with Crippen molar-refractivity contribution in [1.82, 2.24) is 15.0 Å². The third-order valence-electron chi connectivity index (χ3n) is 5.52. The molecule has 9 nitrogen and oxygen atoms in total. The van der Waals surface area contributed by atoms with Crippen LogP contribution in [0.5, 0.6) is 0 Å². The van der Waals surface area contributed by atoms with E-state index in [-0.39, 0.29) is 35.7 Å². The molecule has 1 aliphatic heterocycles. The van der Waals surface area contributed by atoms with E-state index in [1.807, 2.05) is 30.3 Å². The van der Waals surface area contributed by atoms with Gasteiger partial charge in [-0.3, -0.25) is 0 Å². The quantitative estimate of drug-likeness (QED) is 0.387. The molecule has 5 rings (SSSR count). The highest BCUT2D eigenvalue weighted by atomic mass is 19.1. The summed E-state index contributed by atoms with van der Waals surface area (Å²) in [5, 5.41) is 2.89. The monoisotopic (exact) mass is 485 g/mol. The summed E-state index contributed by atoms with van der Waals surface area (Å²) in [4.78, 5) is 37.4. The van der Waals surface area contributed by atoms with Crippen molar-refractivity contribution < 1.29 is 23.5 Å². The number of nitrogens with zero attached hydrogens (tertiary/aromatic N) is 3. The van der Waals surface area contributed by atoms with Crippen LogP contribution in [-0.2, 0) is 22.5 Å². The van der Waals surface area contributed by atoms with E-state index in [0.29, 0.717) is 23.2 Å². The van der Waals surface area contributed by atoms with Gasteiger partial charge in [-0.15, -0.1) is 0 Å². The lowest BCUT2D eigenvalue weighted by molar-refractivity contribution is 0.0251. The van der Waals surface area contributed by atoms with Crippen molar-refractivity contribution >= 4 is 29.5 Å². The molecule has 1 atom stereocenters. The lowest BCUT2D eigenvalue weighted by Crippen LogP contribution is -2.22. The summed E-state index contributed by atoms with van der Waals surface area (Å²) in [5.41, 5.74) is 8.58. The Morgan fingerprint density at radius 1 is 1.06 bits per heavy atom. The molecule has 36 heavy (non-hydrogen) atoms. The number of hydrogen-bond donors (Lipinski definition) is 2. The van der Waals surface area contributed by atoms with Gasteiger partial charge in [0.05, 0.1) is 11.1 Å². The first kappa shape index (κ1) is 22.9. The minimum absolute atomic E-state index is 0.0695. The zero-order chi connectivity index (χ0) is 25.1. The number of aromatic nitrogens is 3. The molecule has 0 fully saturated rings. The fourth-order valence-corrected chi connectivity index (χ4v) is 3.81. The van der Waals surface area contributed by atoms with Crippen LogP contribution >= 0.6 is 0 Å². The predicted molar refractivity (Wildman–Crippen MR) is 128 cm³/mol. The number of nitrogens with one attached hydrogen (secondary N) is 1. The summed E-state index contributed by atoms with van der Waals surface area (Å²) >= 11 is 0. The molecule has 1 aromatic heterocycles. The summed E-state index contributed by atoms with van der Waals surface area (Å²) < 4.78 is 24.1. The summed E-state index contributed by atoms with van der Waals surface area (Å²) in [5.74, 6) is -1.24. The van der Waals surface area contributed by atoms with E-state index < -0.39 is 18.0 Å². The highest BCUT2D eigenvalue weighted by molar-refractivity contribution is 5.95. The Balaban J connectivity index is 1.28. The van der Waals surface area contributed by atoms with Gasteiger partial charge >= 0.3 is 11.9 Å². The number of fused-ring (bicyclic) bond motifs is 1. The molecule has 0 radical (unpaired) electrons. The van der Waals surface area contributed by atoms with Crippen molar-refractivity contribution in [3.8, 4) is 0 Å². The van der Waals surface area contributed by atoms with Crippen LogP contribution < -0.4 is 11.1 Å². The maximum Gasteiger partial charge on any atom is 0.339 e. The van der Waals surface area contributed by atoms with E-state index in [1.54, 1.807) is 12.1 Å². The molecule has 1 unspecified atom stereocenters. The molecule has 0 amide bonds. The topological polar surface area (TPSA) is 129 Å². The summed E-state index contributed by atoms with van der Waals surface area (Å²) in [6, 6.07) is 19.7. The molecule has 0 saturated heterocycles. The average molecular weight is 485 g/mol. The number of anilines is 3. The first-order chi connectivity index (χ1) is 17.4. The average Bonchev–Trinajstić information content (AvgIpc) is 2.88. The van der Waals surface area contributed by atoms with Crippen LogP contribution in [0.15, 0.2) is 72.8 Å². The van der Waals surface area contributed by atoms with E-state index in [4.69, 9.17) is 15.2 Å². The van der Waals surface area contributed by atoms with Crippen LogP contribution in [0.1, 0.15) is 43.8 Å². The second-order valence-electron chi connectivity index (χ2n) is 8.02. The van der Waals surface area contributed by atoms with Gasteiger partial charge in [-0.1, -0.05) is 30.3 Å². The third kappa shape index (κ3) is 5.12. The zero-order valence-electron chi connectivity index (χ0n) is 18.8. The Labute approximate surface area is 205 Å². The summed E-state index contributed by atoms with van der Waals surface area (Å²) in [6.45, 7) is -0.255. The fraction of sp³-hybridized carbons (Fsp3) is 0.115. The number of ether oxygens (including phenoxy) is 2. The molecule has 3 aromatic carbocycles. The van der Waals surface area contributed by atoms with Gasteiger partial charge < -0.3 is 20.5 Å².